The zero-order chi connectivity index (χ0) is 12.6. The van der Waals surface area contributed by atoms with Crippen LogP contribution in [0.1, 0.15) is 31.0 Å². The number of aromatic nitrogens is 1. The van der Waals surface area contributed by atoms with Gasteiger partial charge in [-0.3, -0.25) is 4.79 Å². The van der Waals surface area contributed by atoms with Crippen LogP contribution in [0, 0.1) is 6.92 Å². The Balaban J connectivity index is 2.55. The highest BCUT2D eigenvalue weighted by Crippen LogP contribution is 2.25. The van der Waals surface area contributed by atoms with Crippen molar-refractivity contribution < 1.29 is 9.90 Å². The van der Waals surface area contributed by atoms with Crippen LogP contribution < -0.4 is 0 Å². The zero-order valence-corrected chi connectivity index (χ0v) is 10.4. The molecule has 1 heterocycles. The van der Waals surface area contributed by atoms with Crippen LogP contribution in [0.5, 0.6) is 0 Å². The zero-order valence-electron chi connectivity index (χ0n) is 10.4. The van der Waals surface area contributed by atoms with Gasteiger partial charge in [0.25, 0.3) is 0 Å². The maximum atomic E-state index is 10.7. The van der Waals surface area contributed by atoms with E-state index in [0.29, 0.717) is 6.04 Å². The first-order valence-corrected chi connectivity index (χ1v) is 5.81. The topological polar surface area (TPSA) is 42.2 Å². The van der Waals surface area contributed by atoms with Gasteiger partial charge in [-0.05, 0) is 44.0 Å². The minimum Gasteiger partial charge on any atom is -0.481 e. The van der Waals surface area contributed by atoms with Gasteiger partial charge in [-0.15, -0.1) is 0 Å². The van der Waals surface area contributed by atoms with E-state index in [1.165, 1.54) is 11.1 Å². The lowest BCUT2D eigenvalue weighted by molar-refractivity contribution is -0.136. The summed E-state index contributed by atoms with van der Waals surface area (Å²) >= 11 is 0. The van der Waals surface area contributed by atoms with Crippen molar-refractivity contribution in [2.75, 3.05) is 0 Å². The lowest BCUT2D eigenvalue weighted by Gasteiger charge is -2.09. The van der Waals surface area contributed by atoms with Gasteiger partial charge in [-0.25, -0.2) is 0 Å². The molecule has 0 aliphatic rings. The normalized spacial score (nSPS) is 11.3. The third kappa shape index (κ3) is 2.18. The third-order valence-electron chi connectivity index (χ3n) is 3.01. The molecule has 0 radical (unpaired) electrons. The first-order chi connectivity index (χ1) is 7.99. The monoisotopic (exact) mass is 231 g/mol. The summed E-state index contributed by atoms with van der Waals surface area (Å²) in [5.41, 5.74) is 3.22. The Kier molecular flexibility index (Phi) is 2.92. The smallest absolute Gasteiger partial charge is 0.307 e. The summed E-state index contributed by atoms with van der Waals surface area (Å²) in [7, 11) is 0. The molecule has 0 unspecified atom stereocenters. The molecule has 3 heteroatoms. The van der Waals surface area contributed by atoms with Crippen LogP contribution in [0.4, 0.5) is 0 Å². The van der Waals surface area contributed by atoms with Gasteiger partial charge in [0.05, 0.1) is 6.42 Å². The van der Waals surface area contributed by atoms with Crippen LogP contribution in [0.2, 0.25) is 0 Å². The summed E-state index contributed by atoms with van der Waals surface area (Å²) in [5, 5.41) is 9.95. The molecule has 3 nitrogen and oxygen atoms in total. The van der Waals surface area contributed by atoms with E-state index in [4.69, 9.17) is 5.11 Å². The molecular formula is C14H17NO2. The Bertz CT molecular complexity index is 567. The summed E-state index contributed by atoms with van der Waals surface area (Å²) in [4.78, 5) is 10.7. The Hall–Kier alpha value is -1.77. The minimum atomic E-state index is -0.787. The molecule has 0 spiro atoms. The number of carboxylic acid groups (broad SMARTS) is 1. The number of aliphatic carboxylic acids is 1. The highest BCUT2D eigenvalue weighted by atomic mass is 16.4. The second kappa shape index (κ2) is 4.24. The van der Waals surface area contributed by atoms with E-state index >= 15 is 0 Å². The number of nitrogens with zero attached hydrogens (tertiary/aromatic N) is 1. The van der Waals surface area contributed by atoms with Crippen LogP contribution in [-0.2, 0) is 11.2 Å². The number of aryl methyl sites for hydroxylation is 1. The van der Waals surface area contributed by atoms with Crippen molar-refractivity contribution in [3.05, 3.63) is 35.5 Å². The molecule has 0 atom stereocenters. The van der Waals surface area contributed by atoms with E-state index in [-0.39, 0.29) is 6.42 Å². The molecule has 0 amide bonds. The van der Waals surface area contributed by atoms with Crippen LogP contribution in [0.25, 0.3) is 10.9 Å². The third-order valence-corrected chi connectivity index (χ3v) is 3.01. The van der Waals surface area contributed by atoms with E-state index in [2.05, 4.69) is 31.5 Å². The van der Waals surface area contributed by atoms with Crippen molar-refractivity contribution in [2.45, 2.75) is 33.2 Å². The molecule has 0 saturated heterocycles. The molecule has 0 aliphatic heterocycles. The van der Waals surface area contributed by atoms with Crippen LogP contribution in [0.15, 0.2) is 24.4 Å². The summed E-state index contributed by atoms with van der Waals surface area (Å²) < 4.78 is 2.22. The maximum absolute atomic E-state index is 10.7. The van der Waals surface area contributed by atoms with Gasteiger partial charge in [0, 0.05) is 23.1 Å². The van der Waals surface area contributed by atoms with Gasteiger partial charge < -0.3 is 9.67 Å². The number of benzene rings is 1. The van der Waals surface area contributed by atoms with Gasteiger partial charge in [-0.2, -0.15) is 0 Å². The Morgan fingerprint density at radius 1 is 1.41 bits per heavy atom. The highest BCUT2D eigenvalue weighted by molar-refractivity contribution is 5.85. The number of fused-ring (bicyclic) bond motifs is 1. The summed E-state index contributed by atoms with van der Waals surface area (Å²) in [6, 6.07) is 6.31. The second-order valence-corrected chi connectivity index (χ2v) is 4.74. The number of hydrogen-bond donors (Lipinski definition) is 1. The predicted molar refractivity (Wildman–Crippen MR) is 68.4 cm³/mol. The van der Waals surface area contributed by atoms with E-state index in [0.717, 1.165) is 10.9 Å². The molecule has 90 valence electrons. The number of rotatable bonds is 3. The van der Waals surface area contributed by atoms with Gasteiger partial charge >= 0.3 is 5.97 Å². The summed E-state index contributed by atoms with van der Waals surface area (Å²) in [6.07, 6.45) is 2.21. The largest absolute Gasteiger partial charge is 0.481 e. The predicted octanol–water partition coefficient (Wildman–Crippen LogP) is 3.16. The fourth-order valence-electron chi connectivity index (χ4n) is 2.18. The van der Waals surface area contributed by atoms with E-state index in [9.17, 15) is 4.79 Å². The van der Waals surface area contributed by atoms with E-state index in [1.54, 1.807) is 0 Å². The van der Waals surface area contributed by atoms with E-state index in [1.807, 2.05) is 18.2 Å². The molecule has 2 aromatic rings. The molecule has 1 N–H and O–H groups in total. The molecule has 0 aliphatic carbocycles. The van der Waals surface area contributed by atoms with Crippen molar-refractivity contribution in [3.63, 3.8) is 0 Å². The van der Waals surface area contributed by atoms with Crippen LogP contribution >= 0.6 is 0 Å². The van der Waals surface area contributed by atoms with Gasteiger partial charge in [0.1, 0.15) is 0 Å². The maximum Gasteiger partial charge on any atom is 0.307 e. The number of carboxylic acids is 1. The quantitative estimate of drug-likeness (QED) is 0.881. The fraction of sp³-hybridized carbons (Fsp3) is 0.357. The van der Waals surface area contributed by atoms with Crippen LogP contribution in [0.3, 0.4) is 0 Å². The number of hydrogen-bond acceptors (Lipinski definition) is 1. The van der Waals surface area contributed by atoms with Crippen molar-refractivity contribution in [1.29, 1.82) is 0 Å². The van der Waals surface area contributed by atoms with E-state index < -0.39 is 5.97 Å². The minimum absolute atomic E-state index is 0.0856. The summed E-state index contributed by atoms with van der Waals surface area (Å²) in [6.45, 7) is 6.35. The van der Waals surface area contributed by atoms with Gasteiger partial charge in [0.2, 0.25) is 0 Å². The standard InChI is InChI=1S/C14H17NO2/c1-9(2)15-8-10(3)12-6-11(7-14(16)17)4-5-13(12)15/h4-6,8-9H,7H2,1-3H3,(H,16,17). The Morgan fingerprint density at radius 3 is 2.71 bits per heavy atom. The molecule has 17 heavy (non-hydrogen) atoms. The van der Waals surface area contributed by atoms with Crippen molar-refractivity contribution in [3.8, 4) is 0 Å². The van der Waals surface area contributed by atoms with Crippen molar-refractivity contribution in [2.24, 2.45) is 0 Å². The molecule has 0 saturated carbocycles. The fourth-order valence-corrected chi connectivity index (χ4v) is 2.18. The molecular weight excluding hydrogens is 214 g/mol. The van der Waals surface area contributed by atoms with Crippen molar-refractivity contribution >= 4 is 16.9 Å². The molecule has 1 aromatic carbocycles. The summed E-state index contributed by atoms with van der Waals surface area (Å²) in [5.74, 6) is -0.787. The lowest BCUT2D eigenvalue weighted by Crippen LogP contribution is -2.00. The number of carbonyl (C=O) groups is 1. The average Bonchev–Trinajstić information content (AvgIpc) is 2.55. The van der Waals surface area contributed by atoms with Crippen LogP contribution in [-0.4, -0.2) is 15.6 Å². The average molecular weight is 231 g/mol. The second-order valence-electron chi connectivity index (χ2n) is 4.74. The van der Waals surface area contributed by atoms with Gasteiger partial charge in [0.15, 0.2) is 0 Å². The molecule has 0 bridgehead atoms. The first-order valence-electron chi connectivity index (χ1n) is 5.81. The lowest BCUT2D eigenvalue weighted by atomic mass is 10.1. The Labute approximate surface area is 101 Å². The van der Waals surface area contributed by atoms with Gasteiger partial charge in [-0.1, -0.05) is 6.07 Å². The van der Waals surface area contributed by atoms with Crippen molar-refractivity contribution in [1.82, 2.24) is 4.57 Å². The Morgan fingerprint density at radius 2 is 2.12 bits per heavy atom. The molecule has 0 fully saturated rings. The molecule has 1 aromatic heterocycles. The molecule has 2 rings (SSSR count). The first kappa shape index (κ1) is 11.7. The highest BCUT2D eigenvalue weighted by Gasteiger charge is 2.09. The SMILES string of the molecule is Cc1cn(C(C)C)c2ccc(CC(=O)O)cc12.